The number of aryl methyl sites for hydroxylation is 1. The number of hydrogen-bond donors (Lipinski definition) is 2. The average molecular weight is 234 g/mol. The van der Waals surface area contributed by atoms with Gasteiger partial charge in [0.25, 0.3) is 0 Å². The number of nitrogens with one attached hydrogen (secondary N) is 2. The van der Waals surface area contributed by atoms with Crippen molar-refractivity contribution >= 4 is 11.8 Å². The van der Waals surface area contributed by atoms with Crippen molar-refractivity contribution in [2.24, 2.45) is 0 Å². The first-order chi connectivity index (χ1) is 8.28. The van der Waals surface area contributed by atoms with Crippen molar-refractivity contribution in [2.45, 2.75) is 13.3 Å². The predicted octanol–water partition coefficient (Wildman–Crippen LogP) is 0.864. The summed E-state index contributed by atoms with van der Waals surface area (Å²) in [6, 6.07) is 1.89. The van der Waals surface area contributed by atoms with E-state index in [1.807, 2.05) is 13.0 Å². The van der Waals surface area contributed by atoms with Crippen molar-refractivity contribution in [3.63, 3.8) is 0 Å². The molecule has 0 saturated heterocycles. The summed E-state index contributed by atoms with van der Waals surface area (Å²) in [7, 11) is 1.79. The molecule has 2 aromatic heterocycles. The van der Waals surface area contributed by atoms with Crippen molar-refractivity contribution in [1.82, 2.24) is 20.1 Å². The molecular weight excluding hydrogens is 220 g/mol. The second-order valence-electron chi connectivity index (χ2n) is 3.49. The van der Waals surface area contributed by atoms with Gasteiger partial charge in [-0.25, -0.2) is 4.98 Å². The molecule has 0 aromatic carbocycles. The molecule has 0 fully saturated rings. The molecule has 0 aliphatic rings. The molecule has 2 N–H and O–H groups in total. The summed E-state index contributed by atoms with van der Waals surface area (Å²) in [4.78, 5) is 12.4. The first-order valence-corrected chi connectivity index (χ1v) is 5.30. The van der Waals surface area contributed by atoms with E-state index in [0.29, 0.717) is 24.7 Å². The summed E-state index contributed by atoms with van der Waals surface area (Å²) < 4.78 is 4.65. The van der Waals surface area contributed by atoms with Gasteiger partial charge in [-0.05, 0) is 6.92 Å². The highest BCUT2D eigenvalue weighted by atomic mass is 16.5. The molecule has 0 atom stereocenters. The zero-order valence-electron chi connectivity index (χ0n) is 9.77. The minimum atomic E-state index is 0.604. The van der Waals surface area contributed by atoms with Crippen molar-refractivity contribution in [3.05, 3.63) is 24.0 Å². The van der Waals surface area contributed by atoms with E-state index in [2.05, 4.69) is 35.3 Å². The van der Waals surface area contributed by atoms with E-state index in [4.69, 9.17) is 0 Å². The van der Waals surface area contributed by atoms with Gasteiger partial charge in [0, 0.05) is 31.8 Å². The van der Waals surface area contributed by atoms with E-state index in [9.17, 15) is 0 Å². The summed E-state index contributed by atoms with van der Waals surface area (Å²) in [6.45, 7) is 2.62. The van der Waals surface area contributed by atoms with Crippen molar-refractivity contribution in [2.75, 3.05) is 24.2 Å². The third-order valence-electron chi connectivity index (χ3n) is 2.14. The molecule has 0 unspecified atom stereocenters. The summed E-state index contributed by atoms with van der Waals surface area (Å²) in [5.41, 5.74) is 0.909. The number of rotatable bonds is 5. The van der Waals surface area contributed by atoms with Crippen LogP contribution in [-0.2, 0) is 6.42 Å². The van der Waals surface area contributed by atoms with Gasteiger partial charge in [-0.3, -0.25) is 0 Å². The molecular formula is C10H14N6O. The zero-order valence-corrected chi connectivity index (χ0v) is 9.77. The molecule has 0 amide bonds. The molecule has 2 aromatic rings. The Balaban J connectivity index is 1.92. The van der Waals surface area contributed by atoms with Crippen LogP contribution in [0.25, 0.3) is 0 Å². The van der Waals surface area contributed by atoms with Gasteiger partial charge >= 0.3 is 0 Å². The Morgan fingerprint density at radius 3 is 2.94 bits per heavy atom. The molecule has 7 nitrogen and oxygen atoms in total. The SMILES string of the molecule is CNc1nc(C)cc(NCCc2ncon2)n1. The van der Waals surface area contributed by atoms with Gasteiger partial charge in [0.15, 0.2) is 5.82 Å². The lowest BCUT2D eigenvalue weighted by Crippen LogP contribution is -2.09. The van der Waals surface area contributed by atoms with E-state index < -0.39 is 0 Å². The molecule has 0 aliphatic heterocycles. The van der Waals surface area contributed by atoms with Crippen LogP contribution in [0, 0.1) is 6.92 Å². The largest absolute Gasteiger partial charge is 0.369 e. The van der Waals surface area contributed by atoms with Crippen LogP contribution in [0.2, 0.25) is 0 Å². The van der Waals surface area contributed by atoms with Gasteiger partial charge < -0.3 is 15.2 Å². The van der Waals surface area contributed by atoms with Crippen LogP contribution in [0.4, 0.5) is 11.8 Å². The molecule has 0 radical (unpaired) electrons. The second-order valence-corrected chi connectivity index (χ2v) is 3.49. The molecule has 0 aliphatic carbocycles. The van der Waals surface area contributed by atoms with Gasteiger partial charge in [-0.2, -0.15) is 9.97 Å². The maximum Gasteiger partial charge on any atom is 0.224 e. The standard InChI is InChI=1S/C10H14N6O/c1-7-5-9(15-10(11-2)14-7)12-4-3-8-13-6-17-16-8/h5-6H,3-4H2,1-2H3,(H2,11,12,14,15). The van der Waals surface area contributed by atoms with E-state index in [0.717, 1.165) is 11.5 Å². The minimum absolute atomic E-state index is 0.604. The van der Waals surface area contributed by atoms with Gasteiger partial charge in [0.1, 0.15) is 5.82 Å². The fourth-order valence-electron chi connectivity index (χ4n) is 1.38. The topological polar surface area (TPSA) is 88.8 Å². The van der Waals surface area contributed by atoms with Gasteiger partial charge in [0.2, 0.25) is 12.3 Å². The first kappa shape index (κ1) is 11.3. The molecule has 0 spiro atoms. The van der Waals surface area contributed by atoms with Crippen LogP contribution in [0.3, 0.4) is 0 Å². The van der Waals surface area contributed by atoms with Gasteiger partial charge in [-0.15, -0.1) is 0 Å². The number of hydrogen-bond acceptors (Lipinski definition) is 7. The third kappa shape index (κ3) is 3.13. The Morgan fingerprint density at radius 2 is 2.24 bits per heavy atom. The lowest BCUT2D eigenvalue weighted by molar-refractivity contribution is 0.410. The highest BCUT2D eigenvalue weighted by Gasteiger charge is 2.01. The summed E-state index contributed by atoms with van der Waals surface area (Å²) in [5.74, 6) is 2.06. The number of aromatic nitrogens is 4. The third-order valence-corrected chi connectivity index (χ3v) is 2.14. The molecule has 17 heavy (non-hydrogen) atoms. The molecule has 90 valence electrons. The quantitative estimate of drug-likeness (QED) is 0.793. The fourth-order valence-corrected chi connectivity index (χ4v) is 1.38. The Kier molecular flexibility index (Phi) is 3.49. The lowest BCUT2D eigenvalue weighted by atomic mass is 10.4. The maximum atomic E-state index is 4.65. The Bertz CT molecular complexity index is 470. The Morgan fingerprint density at radius 1 is 1.35 bits per heavy atom. The van der Waals surface area contributed by atoms with Crippen LogP contribution in [0.15, 0.2) is 17.0 Å². The maximum absolute atomic E-state index is 4.65. The van der Waals surface area contributed by atoms with Crippen molar-refractivity contribution < 1.29 is 4.52 Å². The molecule has 2 rings (SSSR count). The first-order valence-electron chi connectivity index (χ1n) is 5.30. The lowest BCUT2D eigenvalue weighted by Gasteiger charge is -2.06. The Labute approximate surface area is 98.7 Å². The van der Waals surface area contributed by atoms with E-state index >= 15 is 0 Å². The van der Waals surface area contributed by atoms with Crippen LogP contribution < -0.4 is 10.6 Å². The minimum Gasteiger partial charge on any atom is -0.369 e. The van der Waals surface area contributed by atoms with Crippen molar-refractivity contribution in [1.29, 1.82) is 0 Å². The van der Waals surface area contributed by atoms with Crippen LogP contribution >= 0.6 is 0 Å². The molecule has 2 heterocycles. The Hall–Kier alpha value is -2.18. The summed E-state index contributed by atoms with van der Waals surface area (Å²) in [6.07, 6.45) is 2.01. The van der Waals surface area contributed by atoms with E-state index in [1.54, 1.807) is 7.05 Å². The average Bonchev–Trinajstić information content (AvgIpc) is 2.81. The normalized spacial score (nSPS) is 10.2. The molecule has 0 saturated carbocycles. The highest BCUT2D eigenvalue weighted by molar-refractivity contribution is 5.41. The number of anilines is 2. The van der Waals surface area contributed by atoms with Gasteiger partial charge in [-0.1, -0.05) is 5.16 Å². The number of nitrogens with zero attached hydrogens (tertiary/aromatic N) is 4. The fraction of sp³-hybridized carbons (Fsp3) is 0.400. The van der Waals surface area contributed by atoms with Gasteiger partial charge in [0.05, 0.1) is 0 Å². The summed E-state index contributed by atoms with van der Waals surface area (Å²) >= 11 is 0. The predicted molar refractivity (Wildman–Crippen MR) is 62.8 cm³/mol. The monoisotopic (exact) mass is 234 g/mol. The highest BCUT2D eigenvalue weighted by Crippen LogP contribution is 2.08. The second kappa shape index (κ2) is 5.24. The van der Waals surface area contributed by atoms with Crippen LogP contribution in [-0.4, -0.2) is 33.7 Å². The molecule has 0 bridgehead atoms. The van der Waals surface area contributed by atoms with Crippen LogP contribution in [0.1, 0.15) is 11.5 Å². The van der Waals surface area contributed by atoms with E-state index in [1.165, 1.54) is 6.39 Å². The van der Waals surface area contributed by atoms with Crippen molar-refractivity contribution in [3.8, 4) is 0 Å². The smallest absolute Gasteiger partial charge is 0.224 e. The zero-order chi connectivity index (χ0) is 12.1. The molecule has 7 heteroatoms. The van der Waals surface area contributed by atoms with Crippen LogP contribution in [0.5, 0.6) is 0 Å². The van der Waals surface area contributed by atoms with E-state index in [-0.39, 0.29) is 0 Å². The summed E-state index contributed by atoms with van der Waals surface area (Å²) in [5, 5.41) is 9.82.